The summed E-state index contributed by atoms with van der Waals surface area (Å²) < 4.78 is 0. The molecule has 1 aliphatic heterocycles. The molecule has 3 unspecified atom stereocenters. The molecule has 0 spiro atoms. The number of carbonyl (C=O) groups excluding carboxylic acids is 1. The van der Waals surface area contributed by atoms with Crippen LogP contribution in [0.2, 0.25) is 0 Å². The van der Waals surface area contributed by atoms with E-state index in [0.717, 1.165) is 38.8 Å². The van der Waals surface area contributed by atoms with Gasteiger partial charge in [-0.15, -0.1) is 11.3 Å². The van der Waals surface area contributed by atoms with Crippen LogP contribution in [0, 0.1) is 0 Å². The number of rotatable bonds is 5. The van der Waals surface area contributed by atoms with Crippen LogP contribution in [0.4, 0.5) is 4.79 Å². The quantitative estimate of drug-likeness (QED) is 0.773. The Labute approximate surface area is 142 Å². The minimum absolute atomic E-state index is 0.101. The molecule has 3 rings (SSSR count). The number of aliphatic hydroxyl groups excluding tert-OH is 1. The van der Waals surface area contributed by atoms with Gasteiger partial charge in [0, 0.05) is 11.4 Å². The number of amides is 2. The van der Waals surface area contributed by atoms with E-state index in [9.17, 15) is 9.90 Å². The van der Waals surface area contributed by atoms with Crippen molar-refractivity contribution in [1.82, 2.24) is 15.5 Å². The first kappa shape index (κ1) is 16.7. The fraction of sp³-hybridized carbons (Fsp3) is 0.706. The SMILES string of the molecule is O=C(NCC(c1cccs1)N1CCCC1)NC1CCCCC1O. The molecule has 0 aromatic carbocycles. The zero-order valence-electron chi connectivity index (χ0n) is 13.5. The normalized spacial score (nSPS) is 26.8. The monoisotopic (exact) mass is 337 g/mol. The average molecular weight is 337 g/mol. The number of urea groups is 1. The van der Waals surface area contributed by atoms with Crippen LogP contribution in [0.15, 0.2) is 17.5 Å². The minimum Gasteiger partial charge on any atom is -0.391 e. The van der Waals surface area contributed by atoms with Gasteiger partial charge in [0.1, 0.15) is 0 Å². The van der Waals surface area contributed by atoms with Gasteiger partial charge < -0.3 is 15.7 Å². The smallest absolute Gasteiger partial charge is 0.315 e. The number of carbonyl (C=O) groups is 1. The third-order valence-corrected chi connectivity index (χ3v) is 5.93. The summed E-state index contributed by atoms with van der Waals surface area (Å²) in [5.74, 6) is 0. The number of likely N-dealkylation sites (tertiary alicyclic amines) is 1. The van der Waals surface area contributed by atoms with Gasteiger partial charge in [-0.2, -0.15) is 0 Å². The molecule has 128 valence electrons. The predicted molar refractivity (Wildman–Crippen MR) is 92.7 cm³/mol. The van der Waals surface area contributed by atoms with Crippen molar-refractivity contribution in [3.05, 3.63) is 22.4 Å². The highest BCUT2D eigenvalue weighted by Crippen LogP contribution is 2.27. The van der Waals surface area contributed by atoms with Crippen LogP contribution in [-0.4, -0.2) is 47.8 Å². The largest absolute Gasteiger partial charge is 0.391 e. The molecule has 1 aromatic heterocycles. The van der Waals surface area contributed by atoms with Crippen molar-refractivity contribution in [2.75, 3.05) is 19.6 Å². The molecule has 0 bridgehead atoms. The molecule has 0 radical (unpaired) electrons. The van der Waals surface area contributed by atoms with Gasteiger partial charge in [-0.05, 0) is 50.2 Å². The van der Waals surface area contributed by atoms with Gasteiger partial charge in [-0.1, -0.05) is 18.9 Å². The van der Waals surface area contributed by atoms with Crippen LogP contribution in [0.25, 0.3) is 0 Å². The summed E-state index contributed by atoms with van der Waals surface area (Å²) in [5.41, 5.74) is 0. The molecule has 2 aliphatic rings. The summed E-state index contributed by atoms with van der Waals surface area (Å²) in [6.07, 6.45) is 5.86. The number of hydrogen-bond donors (Lipinski definition) is 3. The summed E-state index contributed by atoms with van der Waals surface area (Å²) >= 11 is 1.75. The molecule has 2 amide bonds. The highest BCUT2D eigenvalue weighted by Gasteiger charge is 2.27. The average Bonchev–Trinajstić information content (AvgIpc) is 3.23. The van der Waals surface area contributed by atoms with Crippen LogP contribution in [0.3, 0.4) is 0 Å². The number of aliphatic hydroxyl groups is 1. The van der Waals surface area contributed by atoms with Gasteiger partial charge in [0.15, 0.2) is 0 Å². The Morgan fingerprint density at radius 2 is 2.09 bits per heavy atom. The molecule has 2 fully saturated rings. The standard InChI is InChI=1S/C17H27N3O2S/c21-15-7-2-1-6-13(15)19-17(22)18-12-14(16-8-5-11-23-16)20-9-3-4-10-20/h5,8,11,13-15,21H,1-4,6-7,9-10,12H2,(H2,18,19,22). The van der Waals surface area contributed by atoms with Crippen molar-refractivity contribution >= 4 is 17.4 Å². The Morgan fingerprint density at radius 1 is 1.30 bits per heavy atom. The van der Waals surface area contributed by atoms with Crippen molar-refractivity contribution in [3.8, 4) is 0 Å². The molecule has 1 saturated heterocycles. The first-order valence-electron chi connectivity index (χ1n) is 8.74. The fourth-order valence-corrected chi connectivity index (χ4v) is 4.49. The Bertz CT molecular complexity index is 488. The van der Waals surface area contributed by atoms with Crippen LogP contribution < -0.4 is 10.6 Å². The summed E-state index contributed by atoms with van der Waals surface area (Å²) in [5, 5.41) is 18.0. The van der Waals surface area contributed by atoms with E-state index in [1.165, 1.54) is 17.7 Å². The lowest BCUT2D eigenvalue weighted by molar-refractivity contribution is 0.0940. The Balaban J connectivity index is 1.52. The van der Waals surface area contributed by atoms with Gasteiger partial charge in [0.05, 0.1) is 18.2 Å². The van der Waals surface area contributed by atoms with Crippen molar-refractivity contribution in [2.24, 2.45) is 0 Å². The molecule has 1 aliphatic carbocycles. The van der Waals surface area contributed by atoms with E-state index in [1.807, 2.05) is 0 Å². The van der Waals surface area contributed by atoms with Gasteiger partial charge in [0.2, 0.25) is 0 Å². The molecule has 23 heavy (non-hydrogen) atoms. The Kier molecular flexibility index (Phi) is 5.91. The fourth-order valence-electron chi connectivity index (χ4n) is 3.63. The van der Waals surface area contributed by atoms with E-state index in [0.29, 0.717) is 6.54 Å². The number of nitrogens with zero attached hydrogens (tertiary/aromatic N) is 1. The van der Waals surface area contributed by atoms with E-state index < -0.39 is 6.10 Å². The molecule has 5 nitrogen and oxygen atoms in total. The predicted octanol–water partition coefficient (Wildman–Crippen LogP) is 2.49. The van der Waals surface area contributed by atoms with Gasteiger partial charge in [-0.25, -0.2) is 4.79 Å². The number of nitrogens with one attached hydrogen (secondary N) is 2. The Hall–Kier alpha value is -1.11. The molecular formula is C17H27N3O2S. The van der Waals surface area contributed by atoms with E-state index in [1.54, 1.807) is 11.3 Å². The van der Waals surface area contributed by atoms with Crippen molar-refractivity contribution < 1.29 is 9.90 Å². The molecule has 1 saturated carbocycles. The van der Waals surface area contributed by atoms with Crippen LogP contribution in [0.1, 0.15) is 49.4 Å². The third kappa shape index (κ3) is 4.46. The van der Waals surface area contributed by atoms with E-state index >= 15 is 0 Å². The zero-order chi connectivity index (χ0) is 16.1. The lowest BCUT2D eigenvalue weighted by atomic mass is 9.93. The summed E-state index contributed by atoms with van der Waals surface area (Å²) in [6, 6.07) is 4.23. The highest BCUT2D eigenvalue weighted by atomic mass is 32.1. The summed E-state index contributed by atoms with van der Waals surface area (Å²) in [7, 11) is 0. The maximum atomic E-state index is 12.2. The minimum atomic E-state index is -0.402. The molecule has 6 heteroatoms. The maximum absolute atomic E-state index is 12.2. The second-order valence-corrected chi connectivity index (χ2v) is 7.57. The summed E-state index contributed by atoms with van der Waals surface area (Å²) in [6.45, 7) is 2.83. The third-order valence-electron chi connectivity index (χ3n) is 4.95. The lowest BCUT2D eigenvalue weighted by Gasteiger charge is -2.30. The second-order valence-electron chi connectivity index (χ2n) is 6.59. The highest BCUT2D eigenvalue weighted by molar-refractivity contribution is 7.10. The molecular weight excluding hydrogens is 310 g/mol. The van der Waals surface area contributed by atoms with Gasteiger partial charge in [0.25, 0.3) is 0 Å². The van der Waals surface area contributed by atoms with Gasteiger partial charge >= 0.3 is 6.03 Å². The van der Waals surface area contributed by atoms with E-state index in [2.05, 4.69) is 33.0 Å². The molecule has 3 atom stereocenters. The van der Waals surface area contributed by atoms with Crippen molar-refractivity contribution in [3.63, 3.8) is 0 Å². The molecule has 2 heterocycles. The number of thiophene rings is 1. The van der Waals surface area contributed by atoms with Crippen LogP contribution in [-0.2, 0) is 0 Å². The van der Waals surface area contributed by atoms with Crippen LogP contribution >= 0.6 is 11.3 Å². The second kappa shape index (κ2) is 8.13. The van der Waals surface area contributed by atoms with Crippen molar-refractivity contribution in [2.45, 2.75) is 56.7 Å². The lowest BCUT2D eigenvalue weighted by Crippen LogP contribution is -2.50. The van der Waals surface area contributed by atoms with Gasteiger partial charge in [-0.3, -0.25) is 4.90 Å². The first-order valence-corrected chi connectivity index (χ1v) is 9.62. The van der Waals surface area contributed by atoms with E-state index in [4.69, 9.17) is 0 Å². The number of hydrogen-bond acceptors (Lipinski definition) is 4. The Morgan fingerprint density at radius 3 is 2.78 bits per heavy atom. The molecule has 3 N–H and O–H groups in total. The molecule has 1 aromatic rings. The topological polar surface area (TPSA) is 64.6 Å². The maximum Gasteiger partial charge on any atom is 0.315 e. The van der Waals surface area contributed by atoms with Crippen molar-refractivity contribution in [1.29, 1.82) is 0 Å². The zero-order valence-corrected chi connectivity index (χ0v) is 14.4. The summed E-state index contributed by atoms with van der Waals surface area (Å²) in [4.78, 5) is 16.0. The first-order chi connectivity index (χ1) is 11.2. The van der Waals surface area contributed by atoms with E-state index in [-0.39, 0.29) is 18.1 Å². The van der Waals surface area contributed by atoms with Crippen LogP contribution in [0.5, 0.6) is 0 Å².